The molecule has 4 rings (SSSR count). The first-order valence-electron chi connectivity index (χ1n) is 8.86. The Morgan fingerprint density at radius 1 is 1.18 bits per heavy atom. The minimum atomic E-state index is -0.169. The predicted octanol–water partition coefficient (Wildman–Crippen LogP) is 3.65. The average Bonchev–Trinajstić information content (AvgIpc) is 3.15. The summed E-state index contributed by atoms with van der Waals surface area (Å²) in [5, 5.41) is 0.687. The number of rotatable bonds is 4. The van der Waals surface area contributed by atoms with Crippen LogP contribution in [-0.2, 0) is 4.84 Å². The second kappa shape index (κ2) is 7.61. The maximum absolute atomic E-state index is 6.00. The van der Waals surface area contributed by atoms with Crippen LogP contribution in [0.2, 0.25) is 5.02 Å². The zero-order chi connectivity index (χ0) is 19.7. The van der Waals surface area contributed by atoms with E-state index < -0.39 is 0 Å². The van der Waals surface area contributed by atoms with Crippen molar-refractivity contribution < 1.29 is 9.57 Å². The van der Waals surface area contributed by atoms with E-state index in [9.17, 15) is 0 Å². The van der Waals surface area contributed by atoms with E-state index in [1.807, 2.05) is 61.0 Å². The molecule has 0 spiro atoms. The van der Waals surface area contributed by atoms with E-state index in [1.54, 1.807) is 13.4 Å². The molecule has 7 nitrogen and oxygen atoms in total. The third kappa shape index (κ3) is 3.58. The quantitative estimate of drug-likeness (QED) is 0.727. The molecule has 0 fully saturated rings. The number of pyridine rings is 1. The van der Waals surface area contributed by atoms with Gasteiger partial charge in [-0.1, -0.05) is 23.7 Å². The standard InChI is InChI=1S/C20H20ClN5O2/c1-12-10-26(11-22-12)17-9-8-16(23-20(17)27-3)19-24-18(13(2)28-25-19)14-4-6-15(21)7-5-14/h4-11,13,18H,1-3H3,(H,24,25)/t13-,18-/m1/s1. The molecular weight excluding hydrogens is 378 g/mol. The summed E-state index contributed by atoms with van der Waals surface area (Å²) in [6.07, 6.45) is 3.50. The van der Waals surface area contributed by atoms with Gasteiger partial charge in [-0.05, 0) is 43.7 Å². The van der Waals surface area contributed by atoms with Crippen molar-refractivity contribution in [2.45, 2.75) is 26.0 Å². The van der Waals surface area contributed by atoms with Crippen molar-refractivity contribution in [1.29, 1.82) is 0 Å². The third-order valence-electron chi connectivity index (χ3n) is 4.53. The molecule has 3 aromatic rings. The van der Waals surface area contributed by atoms with E-state index >= 15 is 0 Å². The molecule has 144 valence electrons. The van der Waals surface area contributed by atoms with E-state index in [-0.39, 0.29) is 12.1 Å². The minimum absolute atomic E-state index is 0.139. The number of nitrogens with one attached hydrogen (secondary N) is 1. The second-order valence-electron chi connectivity index (χ2n) is 6.55. The molecule has 1 aliphatic rings. The predicted molar refractivity (Wildman–Crippen MR) is 107 cm³/mol. The number of halogens is 1. The van der Waals surface area contributed by atoms with Crippen LogP contribution in [-0.4, -0.2) is 33.6 Å². The summed E-state index contributed by atoms with van der Waals surface area (Å²) in [7, 11) is 1.59. The fraction of sp³-hybridized carbons (Fsp3) is 0.250. The van der Waals surface area contributed by atoms with Gasteiger partial charge in [0.25, 0.3) is 0 Å². The zero-order valence-electron chi connectivity index (χ0n) is 15.8. The molecule has 0 amide bonds. The van der Waals surface area contributed by atoms with Gasteiger partial charge < -0.3 is 9.30 Å². The molecule has 1 aromatic carbocycles. The van der Waals surface area contributed by atoms with Crippen molar-refractivity contribution in [3.05, 3.63) is 70.9 Å². The molecule has 0 unspecified atom stereocenters. The van der Waals surface area contributed by atoms with Crippen LogP contribution in [0.4, 0.5) is 0 Å². The topological polar surface area (TPSA) is 73.6 Å². The van der Waals surface area contributed by atoms with Gasteiger partial charge in [-0.15, -0.1) is 0 Å². The lowest BCUT2D eigenvalue weighted by Gasteiger charge is -2.28. The van der Waals surface area contributed by atoms with E-state index in [2.05, 4.69) is 15.4 Å². The maximum Gasteiger partial charge on any atom is 0.238 e. The fourth-order valence-corrected chi connectivity index (χ4v) is 3.20. The number of methoxy groups -OCH3 is 1. The molecule has 0 saturated heterocycles. The van der Waals surface area contributed by atoms with Crippen molar-refractivity contribution >= 4 is 17.4 Å². The molecule has 0 bridgehead atoms. The Morgan fingerprint density at radius 3 is 2.64 bits per heavy atom. The van der Waals surface area contributed by atoms with E-state index in [0.717, 1.165) is 16.9 Å². The largest absolute Gasteiger partial charge is 0.479 e. The van der Waals surface area contributed by atoms with Gasteiger partial charge in [0, 0.05) is 11.2 Å². The normalized spacial score (nSPS) is 19.1. The van der Waals surface area contributed by atoms with Crippen LogP contribution in [0.3, 0.4) is 0 Å². The van der Waals surface area contributed by atoms with E-state index in [4.69, 9.17) is 26.2 Å². The summed E-state index contributed by atoms with van der Waals surface area (Å²) in [6.45, 7) is 3.89. The number of ether oxygens (including phenoxy) is 1. The SMILES string of the molecule is COc1nc(C2=N[C@@H](c3ccc(Cl)cc3)[C@@H](C)ON2)ccc1-n1cnc(C)c1. The van der Waals surface area contributed by atoms with Crippen LogP contribution in [0.1, 0.15) is 29.9 Å². The molecule has 1 N–H and O–H groups in total. The first-order chi connectivity index (χ1) is 13.5. The van der Waals surface area contributed by atoms with Crippen LogP contribution in [0.25, 0.3) is 5.69 Å². The number of aliphatic imine (C=N–C) groups is 1. The highest BCUT2D eigenvalue weighted by Crippen LogP contribution is 2.28. The molecule has 8 heteroatoms. The summed E-state index contributed by atoms with van der Waals surface area (Å²) in [5.41, 5.74) is 6.26. The monoisotopic (exact) mass is 397 g/mol. The Bertz CT molecular complexity index is 1020. The summed E-state index contributed by atoms with van der Waals surface area (Å²) in [6, 6.07) is 11.2. The number of imidazole rings is 1. The fourth-order valence-electron chi connectivity index (χ4n) is 3.07. The van der Waals surface area contributed by atoms with E-state index in [1.165, 1.54) is 0 Å². The van der Waals surface area contributed by atoms with Crippen molar-refractivity contribution in [2.75, 3.05) is 7.11 Å². The number of hydrogen-bond acceptors (Lipinski definition) is 6. The number of aryl methyl sites for hydroxylation is 1. The first kappa shape index (κ1) is 18.5. The van der Waals surface area contributed by atoms with Crippen LogP contribution in [0, 0.1) is 6.92 Å². The molecule has 2 aromatic heterocycles. The first-order valence-corrected chi connectivity index (χ1v) is 9.24. The summed E-state index contributed by atoms with van der Waals surface area (Å²) in [4.78, 5) is 19.4. The lowest BCUT2D eigenvalue weighted by molar-refractivity contribution is -0.00478. The molecule has 0 saturated carbocycles. The molecule has 0 aliphatic carbocycles. The minimum Gasteiger partial charge on any atom is -0.479 e. The van der Waals surface area contributed by atoms with Crippen molar-refractivity contribution in [3.63, 3.8) is 0 Å². The van der Waals surface area contributed by atoms with Crippen LogP contribution in [0.5, 0.6) is 5.88 Å². The van der Waals surface area contributed by atoms with Gasteiger partial charge in [0.05, 0.1) is 19.1 Å². The van der Waals surface area contributed by atoms with Crippen LogP contribution in [0.15, 0.2) is 53.9 Å². The lowest BCUT2D eigenvalue weighted by atomic mass is 10.0. The highest BCUT2D eigenvalue weighted by molar-refractivity contribution is 6.30. The third-order valence-corrected chi connectivity index (χ3v) is 4.78. The number of hydrogen-bond donors (Lipinski definition) is 1. The summed E-state index contributed by atoms with van der Waals surface area (Å²) >= 11 is 6.00. The van der Waals surface area contributed by atoms with Crippen molar-refractivity contribution in [2.24, 2.45) is 4.99 Å². The number of benzene rings is 1. The molecule has 3 heterocycles. The van der Waals surface area contributed by atoms with Gasteiger partial charge in [0.2, 0.25) is 5.88 Å². The number of amidine groups is 1. The van der Waals surface area contributed by atoms with Crippen molar-refractivity contribution in [3.8, 4) is 11.6 Å². The highest BCUT2D eigenvalue weighted by Gasteiger charge is 2.26. The van der Waals surface area contributed by atoms with Crippen molar-refractivity contribution in [1.82, 2.24) is 20.0 Å². The summed E-state index contributed by atoms with van der Waals surface area (Å²) in [5.74, 6) is 1.02. The second-order valence-corrected chi connectivity index (χ2v) is 6.98. The Balaban J connectivity index is 1.69. The maximum atomic E-state index is 6.00. The molecule has 1 aliphatic heterocycles. The Kier molecular flexibility index (Phi) is 5.02. The van der Waals surface area contributed by atoms with Gasteiger partial charge in [-0.3, -0.25) is 9.83 Å². The number of aromatic nitrogens is 3. The van der Waals surface area contributed by atoms with Gasteiger partial charge in [-0.2, -0.15) is 0 Å². The Labute approximate surface area is 168 Å². The number of hydroxylamine groups is 1. The lowest BCUT2D eigenvalue weighted by Crippen LogP contribution is -2.38. The molecule has 28 heavy (non-hydrogen) atoms. The molecule has 0 radical (unpaired) electrons. The molecular formula is C20H20ClN5O2. The Morgan fingerprint density at radius 2 is 1.96 bits per heavy atom. The van der Waals surface area contributed by atoms with Gasteiger partial charge in [-0.25, -0.2) is 15.4 Å². The summed E-state index contributed by atoms with van der Waals surface area (Å²) < 4.78 is 7.36. The Hall–Kier alpha value is -2.90. The average molecular weight is 398 g/mol. The van der Waals surface area contributed by atoms with Crippen LogP contribution < -0.4 is 10.2 Å². The number of nitrogens with zero attached hydrogens (tertiary/aromatic N) is 4. The van der Waals surface area contributed by atoms with Gasteiger partial charge >= 0.3 is 0 Å². The van der Waals surface area contributed by atoms with Gasteiger partial charge in [0.15, 0.2) is 5.84 Å². The van der Waals surface area contributed by atoms with Crippen LogP contribution >= 0.6 is 11.6 Å². The molecule has 2 atom stereocenters. The highest BCUT2D eigenvalue weighted by atomic mass is 35.5. The zero-order valence-corrected chi connectivity index (χ0v) is 16.5. The van der Waals surface area contributed by atoms with Gasteiger partial charge in [0.1, 0.15) is 23.5 Å². The smallest absolute Gasteiger partial charge is 0.238 e. The van der Waals surface area contributed by atoms with E-state index in [0.29, 0.717) is 22.4 Å².